The van der Waals surface area contributed by atoms with Gasteiger partial charge in [-0.25, -0.2) is 9.59 Å². The van der Waals surface area contributed by atoms with Crippen LogP contribution in [0, 0.1) is 0 Å². The van der Waals surface area contributed by atoms with Gasteiger partial charge in [0.1, 0.15) is 5.54 Å². The van der Waals surface area contributed by atoms with Gasteiger partial charge in [-0.05, 0) is 25.7 Å². The Morgan fingerprint density at radius 1 is 1.10 bits per heavy atom. The SMILES string of the molecule is CCC(CC)(NC(=O)NCCCCC(F)(F)F)C(=O)O. The molecule has 0 radical (unpaired) electrons. The van der Waals surface area contributed by atoms with Crippen LogP contribution in [0.5, 0.6) is 0 Å². The minimum atomic E-state index is -4.19. The van der Waals surface area contributed by atoms with Gasteiger partial charge in [0, 0.05) is 13.0 Å². The first-order valence-electron chi connectivity index (χ1n) is 6.53. The third kappa shape index (κ3) is 6.63. The number of carboxylic acids is 1. The number of halogens is 3. The van der Waals surface area contributed by atoms with Crippen molar-refractivity contribution in [3.63, 3.8) is 0 Å². The van der Waals surface area contributed by atoms with E-state index in [9.17, 15) is 22.8 Å². The molecule has 5 nitrogen and oxygen atoms in total. The Labute approximate surface area is 115 Å². The van der Waals surface area contributed by atoms with E-state index in [1.165, 1.54) is 0 Å². The fourth-order valence-electron chi connectivity index (χ4n) is 1.70. The number of carbonyl (C=O) groups excluding carboxylic acids is 1. The molecule has 20 heavy (non-hydrogen) atoms. The molecule has 0 rings (SSSR count). The van der Waals surface area contributed by atoms with Crippen molar-refractivity contribution in [2.75, 3.05) is 6.54 Å². The molecule has 0 fully saturated rings. The predicted molar refractivity (Wildman–Crippen MR) is 67.4 cm³/mol. The van der Waals surface area contributed by atoms with E-state index in [-0.39, 0.29) is 32.2 Å². The molecule has 118 valence electrons. The van der Waals surface area contributed by atoms with Crippen LogP contribution in [0.4, 0.5) is 18.0 Å². The number of nitrogens with one attached hydrogen (secondary N) is 2. The summed E-state index contributed by atoms with van der Waals surface area (Å²) in [7, 11) is 0. The Morgan fingerprint density at radius 3 is 2.05 bits per heavy atom. The highest BCUT2D eigenvalue weighted by molar-refractivity contribution is 5.86. The van der Waals surface area contributed by atoms with Crippen LogP contribution in [0.25, 0.3) is 0 Å². The highest BCUT2D eigenvalue weighted by Gasteiger charge is 2.36. The van der Waals surface area contributed by atoms with Crippen LogP contribution in [-0.4, -0.2) is 35.4 Å². The van der Waals surface area contributed by atoms with Gasteiger partial charge in [-0.3, -0.25) is 0 Å². The number of hydrogen-bond donors (Lipinski definition) is 3. The van der Waals surface area contributed by atoms with Gasteiger partial charge in [0.25, 0.3) is 0 Å². The van der Waals surface area contributed by atoms with Crippen LogP contribution < -0.4 is 10.6 Å². The molecule has 0 saturated carbocycles. The van der Waals surface area contributed by atoms with Gasteiger partial charge in [0.15, 0.2) is 0 Å². The van der Waals surface area contributed by atoms with Crippen LogP contribution in [0.2, 0.25) is 0 Å². The van der Waals surface area contributed by atoms with E-state index in [1.54, 1.807) is 13.8 Å². The lowest BCUT2D eigenvalue weighted by Gasteiger charge is -2.28. The number of amides is 2. The second kappa shape index (κ2) is 7.96. The van der Waals surface area contributed by atoms with Gasteiger partial charge < -0.3 is 15.7 Å². The van der Waals surface area contributed by atoms with Crippen molar-refractivity contribution in [1.29, 1.82) is 0 Å². The smallest absolute Gasteiger partial charge is 0.389 e. The number of aliphatic carboxylic acids is 1. The number of rotatable bonds is 8. The Balaban J connectivity index is 4.07. The van der Waals surface area contributed by atoms with Crippen LogP contribution in [0.3, 0.4) is 0 Å². The first-order chi connectivity index (χ1) is 9.17. The van der Waals surface area contributed by atoms with Crippen molar-refractivity contribution in [2.45, 2.75) is 57.7 Å². The number of hydrogen-bond acceptors (Lipinski definition) is 2. The summed E-state index contributed by atoms with van der Waals surface area (Å²) in [6.45, 7) is 3.35. The molecule has 0 atom stereocenters. The molecule has 3 N–H and O–H groups in total. The second-order valence-electron chi connectivity index (χ2n) is 4.55. The lowest BCUT2D eigenvalue weighted by atomic mass is 9.93. The quantitative estimate of drug-likeness (QED) is 0.603. The van der Waals surface area contributed by atoms with E-state index in [4.69, 9.17) is 5.11 Å². The topological polar surface area (TPSA) is 78.4 Å². The van der Waals surface area contributed by atoms with Gasteiger partial charge in [-0.2, -0.15) is 13.2 Å². The van der Waals surface area contributed by atoms with Gasteiger partial charge in [-0.15, -0.1) is 0 Å². The lowest BCUT2D eigenvalue weighted by molar-refractivity contribution is -0.144. The molecule has 0 heterocycles. The molecule has 8 heteroatoms. The minimum absolute atomic E-state index is 0.0740. The van der Waals surface area contributed by atoms with E-state index >= 15 is 0 Å². The summed E-state index contributed by atoms with van der Waals surface area (Å²) in [5.41, 5.74) is -1.34. The van der Waals surface area contributed by atoms with Crippen molar-refractivity contribution in [3.8, 4) is 0 Å². The zero-order chi connectivity index (χ0) is 15.8. The second-order valence-corrected chi connectivity index (χ2v) is 4.55. The third-order valence-corrected chi connectivity index (χ3v) is 3.14. The third-order valence-electron chi connectivity index (χ3n) is 3.14. The van der Waals surface area contributed by atoms with E-state index < -0.39 is 30.1 Å². The van der Waals surface area contributed by atoms with Crippen molar-refractivity contribution >= 4 is 12.0 Å². The van der Waals surface area contributed by atoms with E-state index in [2.05, 4.69) is 10.6 Å². The fraction of sp³-hybridized carbons (Fsp3) is 0.833. The number of carbonyl (C=O) groups is 2. The normalized spacial score (nSPS) is 12.1. The maximum atomic E-state index is 11.9. The van der Waals surface area contributed by atoms with E-state index in [0.717, 1.165) is 0 Å². The number of alkyl halides is 3. The fourth-order valence-corrected chi connectivity index (χ4v) is 1.70. The molecule has 0 aromatic heterocycles. The first kappa shape index (κ1) is 18.5. The van der Waals surface area contributed by atoms with Crippen molar-refractivity contribution in [1.82, 2.24) is 10.6 Å². The summed E-state index contributed by atoms with van der Waals surface area (Å²) < 4.78 is 35.6. The predicted octanol–water partition coefficient (Wildman–Crippen LogP) is 2.66. The summed E-state index contributed by atoms with van der Waals surface area (Å²) in [6.07, 6.45) is -4.52. The Bertz CT molecular complexity index is 328. The Morgan fingerprint density at radius 2 is 1.65 bits per heavy atom. The van der Waals surface area contributed by atoms with Crippen LogP contribution >= 0.6 is 0 Å². The van der Waals surface area contributed by atoms with Crippen LogP contribution in [-0.2, 0) is 4.79 Å². The standard InChI is InChI=1S/C12H21F3N2O3/c1-3-11(4-2,9(18)19)17-10(20)16-8-6-5-7-12(13,14)15/h3-8H2,1-2H3,(H,18,19)(H2,16,17,20). The molecule has 0 aromatic rings. The monoisotopic (exact) mass is 298 g/mol. The molecule has 0 aliphatic carbocycles. The molecular weight excluding hydrogens is 277 g/mol. The average Bonchev–Trinajstić information content (AvgIpc) is 2.33. The Kier molecular flexibility index (Phi) is 7.38. The molecule has 2 amide bonds. The van der Waals surface area contributed by atoms with Crippen molar-refractivity contribution in [2.24, 2.45) is 0 Å². The first-order valence-corrected chi connectivity index (χ1v) is 6.53. The summed E-state index contributed by atoms with van der Waals surface area (Å²) in [5.74, 6) is -1.13. The number of unbranched alkanes of at least 4 members (excludes halogenated alkanes) is 1. The Hall–Kier alpha value is -1.47. The number of urea groups is 1. The molecule has 0 unspecified atom stereocenters. The highest BCUT2D eigenvalue weighted by atomic mass is 19.4. The molecular formula is C12H21F3N2O3. The van der Waals surface area contributed by atoms with Gasteiger partial charge >= 0.3 is 18.2 Å². The minimum Gasteiger partial charge on any atom is -0.480 e. The molecule has 0 spiro atoms. The number of carboxylic acid groups (broad SMARTS) is 1. The summed E-state index contributed by atoms with van der Waals surface area (Å²) in [5, 5.41) is 13.8. The van der Waals surface area contributed by atoms with Gasteiger partial charge in [0.05, 0.1) is 0 Å². The van der Waals surface area contributed by atoms with E-state index in [0.29, 0.717) is 0 Å². The van der Waals surface area contributed by atoms with Gasteiger partial charge in [0.2, 0.25) is 0 Å². The lowest BCUT2D eigenvalue weighted by Crippen LogP contribution is -2.56. The van der Waals surface area contributed by atoms with Crippen LogP contribution in [0.15, 0.2) is 0 Å². The summed E-state index contributed by atoms with van der Waals surface area (Å²) >= 11 is 0. The summed E-state index contributed by atoms with van der Waals surface area (Å²) in [6, 6.07) is -0.678. The molecule has 0 aliphatic rings. The molecule has 0 saturated heterocycles. The molecule has 0 bridgehead atoms. The average molecular weight is 298 g/mol. The maximum absolute atomic E-state index is 11.9. The largest absolute Gasteiger partial charge is 0.480 e. The van der Waals surface area contributed by atoms with Crippen molar-refractivity contribution < 1.29 is 27.9 Å². The highest BCUT2D eigenvalue weighted by Crippen LogP contribution is 2.21. The maximum Gasteiger partial charge on any atom is 0.389 e. The van der Waals surface area contributed by atoms with Crippen LogP contribution in [0.1, 0.15) is 46.0 Å². The zero-order valence-electron chi connectivity index (χ0n) is 11.6. The van der Waals surface area contributed by atoms with E-state index in [1.807, 2.05) is 0 Å². The molecule has 0 aliphatic heterocycles. The zero-order valence-corrected chi connectivity index (χ0v) is 11.6. The van der Waals surface area contributed by atoms with Gasteiger partial charge in [-0.1, -0.05) is 13.8 Å². The van der Waals surface area contributed by atoms with Crippen molar-refractivity contribution in [3.05, 3.63) is 0 Å². The summed E-state index contributed by atoms with van der Waals surface area (Å²) in [4.78, 5) is 22.7. The molecule has 0 aromatic carbocycles.